The van der Waals surface area contributed by atoms with E-state index in [-0.39, 0.29) is 30.9 Å². The molecule has 0 aromatic heterocycles. The van der Waals surface area contributed by atoms with Crippen LogP contribution in [0.25, 0.3) is 0 Å². The molecular weight excluding hydrogens is 215 g/mol. The number of halogens is 2. The number of ether oxygens (including phenoxy) is 1. The lowest BCUT2D eigenvalue weighted by molar-refractivity contribution is -0.873. The van der Waals surface area contributed by atoms with Crippen molar-refractivity contribution in [3.63, 3.8) is 0 Å². The van der Waals surface area contributed by atoms with Gasteiger partial charge in [-0.1, -0.05) is 0 Å². The fourth-order valence-corrected chi connectivity index (χ4v) is 1.01. The second kappa shape index (κ2) is 7.24. The summed E-state index contributed by atoms with van der Waals surface area (Å²) in [7, 11) is 6.09. The van der Waals surface area contributed by atoms with Gasteiger partial charge in [0.2, 0.25) is 0 Å². The molecular formula is C7H18Cl2N2O2. The monoisotopic (exact) mass is 232 g/mol. The summed E-state index contributed by atoms with van der Waals surface area (Å²) in [5.74, 6) is 0. The Labute approximate surface area is 91.8 Å². The second-order valence-corrected chi connectivity index (χ2v) is 3.72. The van der Waals surface area contributed by atoms with Crippen LogP contribution in [0.15, 0.2) is 0 Å². The molecule has 0 aromatic carbocycles. The SMILES string of the molecule is CC(C[N+](C)(C)C)OC(N)=O.Cl.[Cl-]. The number of primary amides is 1. The number of carbonyl (C=O) groups excluding carboxylic acids is 1. The molecule has 1 amide bonds. The highest BCUT2D eigenvalue weighted by molar-refractivity contribution is 5.85. The fraction of sp³-hybridized carbons (Fsp3) is 0.857. The zero-order chi connectivity index (χ0) is 9.07. The van der Waals surface area contributed by atoms with Crippen LogP contribution >= 0.6 is 12.4 Å². The molecule has 0 aliphatic heterocycles. The van der Waals surface area contributed by atoms with Crippen molar-refractivity contribution < 1.29 is 26.4 Å². The van der Waals surface area contributed by atoms with E-state index in [1.807, 2.05) is 28.1 Å². The fourth-order valence-electron chi connectivity index (χ4n) is 1.01. The first-order valence-electron chi connectivity index (χ1n) is 3.58. The molecule has 0 bridgehead atoms. The maximum atomic E-state index is 10.3. The van der Waals surface area contributed by atoms with E-state index in [0.29, 0.717) is 0 Å². The number of nitrogens with two attached hydrogens (primary N) is 1. The van der Waals surface area contributed by atoms with Crippen LogP contribution in [-0.4, -0.2) is 44.4 Å². The van der Waals surface area contributed by atoms with E-state index in [0.717, 1.165) is 11.0 Å². The molecule has 2 N–H and O–H groups in total. The van der Waals surface area contributed by atoms with Crippen molar-refractivity contribution in [3.8, 4) is 0 Å². The van der Waals surface area contributed by atoms with E-state index in [9.17, 15) is 4.79 Å². The molecule has 0 aliphatic rings. The Morgan fingerprint density at radius 2 is 1.85 bits per heavy atom. The molecule has 0 saturated carbocycles. The number of nitrogens with zero attached hydrogens (tertiary/aromatic N) is 1. The van der Waals surface area contributed by atoms with Gasteiger partial charge in [0, 0.05) is 0 Å². The van der Waals surface area contributed by atoms with Crippen molar-refractivity contribution in [2.45, 2.75) is 13.0 Å². The van der Waals surface area contributed by atoms with Crippen molar-refractivity contribution in [3.05, 3.63) is 0 Å². The summed E-state index contributed by atoms with van der Waals surface area (Å²) in [6, 6.07) is 0. The zero-order valence-electron chi connectivity index (χ0n) is 8.41. The summed E-state index contributed by atoms with van der Waals surface area (Å²) in [6.07, 6.45) is -0.821. The van der Waals surface area contributed by atoms with Gasteiger partial charge in [-0.2, -0.15) is 0 Å². The van der Waals surface area contributed by atoms with Gasteiger partial charge in [-0.05, 0) is 6.92 Å². The molecule has 0 fully saturated rings. The first kappa shape index (κ1) is 18.6. The maximum absolute atomic E-state index is 10.3. The number of hydrogen-bond acceptors (Lipinski definition) is 2. The molecule has 13 heavy (non-hydrogen) atoms. The van der Waals surface area contributed by atoms with Crippen LogP contribution in [0.4, 0.5) is 4.79 Å². The van der Waals surface area contributed by atoms with Gasteiger partial charge >= 0.3 is 6.09 Å². The predicted octanol–water partition coefficient (Wildman–Crippen LogP) is -2.40. The van der Waals surface area contributed by atoms with Crippen molar-refractivity contribution in [1.82, 2.24) is 0 Å². The number of likely N-dealkylation sites (N-methyl/N-ethyl adjacent to an activating group) is 1. The molecule has 0 saturated heterocycles. The number of amides is 1. The lowest BCUT2D eigenvalue weighted by Crippen LogP contribution is -3.00. The summed E-state index contributed by atoms with van der Waals surface area (Å²) in [5, 5.41) is 0. The van der Waals surface area contributed by atoms with E-state index < -0.39 is 6.09 Å². The van der Waals surface area contributed by atoms with E-state index in [4.69, 9.17) is 10.5 Å². The summed E-state index contributed by atoms with van der Waals surface area (Å²) in [4.78, 5) is 10.3. The van der Waals surface area contributed by atoms with Gasteiger partial charge in [0.1, 0.15) is 12.6 Å². The van der Waals surface area contributed by atoms with Crippen molar-refractivity contribution in [1.29, 1.82) is 0 Å². The van der Waals surface area contributed by atoms with Gasteiger partial charge in [0.25, 0.3) is 0 Å². The van der Waals surface area contributed by atoms with Crippen LogP contribution in [0.3, 0.4) is 0 Å². The Kier molecular flexibility index (Phi) is 10.3. The minimum atomic E-state index is -0.703. The summed E-state index contributed by atoms with van der Waals surface area (Å²) >= 11 is 0. The summed E-state index contributed by atoms with van der Waals surface area (Å²) in [6.45, 7) is 2.59. The Balaban J connectivity index is -0.000000500. The van der Waals surface area contributed by atoms with E-state index in [1.165, 1.54) is 0 Å². The Morgan fingerprint density at radius 1 is 1.46 bits per heavy atom. The van der Waals surface area contributed by atoms with Gasteiger partial charge in [0.05, 0.1) is 21.1 Å². The van der Waals surface area contributed by atoms with Crippen LogP contribution in [0.1, 0.15) is 6.92 Å². The van der Waals surface area contributed by atoms with Gasteiger partial charge < -0.3 is 27.4 Å². The highest BCUT2D eigenvalue weighted by Crippen LogP contribution is 1.97. The normalized spacial score (nSPS) is 12.0. The Bertz CT molecular complexity index is 148. The van der Waals surface area contributed by atoms with E-state index in [1.54, 1.807) is 0 Å². The van der Waals surface area contributed by atoms with Crippen LogP contribution in [0.5, 0.6) is 0 Å². The van der Waals surface area contributed by atoms with Crippen LogP contribution in [0.2, 0.25) is 0 Å². The molecule has 0 spiro atoms. The Hall–Kier alpha value is -0.190. The quantitative estimate of drug-likeness (QED) is 0.553. The third kappa shape index (κ3) is 14.6. The lowest BCUT2D eigenvalue weighted by Gasteiger charge is -2.26. The molecule has 0 heterocycles. The third-order valence-corrected chi connectivity index (χ3v) is 1.12. The third-order valence-electron chi connectivity index (χ3n) is 1.12. The number of rotatable bonds is 3. The number of quaternary nitrogens is 1. The van der Waals surface area contributed by atoms with E-state index in [2.05, 4.69) is 0 Å². The van der Waals surface area contributed by atoms with Crippen LogP contribution in [0, 0.1) is 0 Å². The molecule has 1 atom stereocenters. The van der Waals surface area contributed by atoms with Crippen LogP contribution in [-0.2, 0) is 4.74 Å². The molecule has 82 valence electrons. The molecule has 0 aliphatic carbocycles. The highest BCUT2D eigenvalue weighted by atomic mass is 35.5. The first-order valence-corrected chi connectivity index (χ1v) is 3.58. The smallest absolute Gasteiger partial charge is 0.404 e. The molecule has 0 radical (unpaired) electrons. The number of carbonyl (C=O) groups is 1. The minimum absolute atomic E-state index is 0. The largest absolute Gasteiger partial charge is 1.00 e. The average molecular weight is 233 g/mol. The highest BCUT2D eigenvalue weighted by Gasteiger charge is 2.15. The van der Waals surface area contributed by atoms with Crippen molar-refractivity contribution >= 4 is 18.5 Å². The van der Waals surface area contributed by atoms with Crippen LogP contribution < -0.4 is 18.1 Å². The topological polar surface area (TPSA) is 52.3 Å². The first-order chi connectivity index (χ1) is 4.81. The van der Waals surface area contributed by atoms with Crippen molar-refractivity contribution in [2.24, 2.45) is 5.73 Å². The standard InChI is InChI=1S/C7H16N2O2.2ClH/c1-6(11-7(8)10)5-9(2,3)4;;/h6H,5H2,1-4H3,(H-,8,10);2*1H. The molecule has 4 nitrogen and oxygen atoms in total. The molecule has 0 rings (SSSR count). The molecule has 1 unspecified atom stereocenters. The Morgan fingerprint density at radius 3 is 2.08 bits per heavy atom. The molecule has 6 heteroatoms. The summed E-state index contributed by atoms with van der Waals surface area (Å²) in [5.41, 5.74) is 4.84. The predicted molar refractivity (Wildman–Crippen MR) is 50.3 cm³/mol. The average Bonchev–Trinajstić information content (AvgIpc) is 1.53. The maximum Gasteiger partial charge on any atom is 0.404 e. The minimum Gasteiger partial charge on any atom is -1.00 e. The van der Waals surface area contributed by atoms with Gasteiger partial charge in [0.15, 0.2) is 0 Å². The number of hydrogen-bond donors (Lipinski definition) is 1. The lowest BCUT2D eigenvalue weighted by atomic mass is 10.3. The molecule has 0 aromatic rings. The van der Waals surface area contributed by atoms with Gasteiger partial charge in [-0.15, -0.1) is 12.4 Å². The van der Waals surface area contributed by atoms with Gasteiger partial charge in [-0.3, -0.25) is 0 Å². The van der Waals surface area contributed by atoms with E-state index >= 15 is 0 Å². The van der Waals surface area contributed by atoms with Gasteiger partial charge in [-0.25, -0.2) is 4.79 Å². The summed E-state index contributed by atoms with van der Waals surface area (Å²) < 4.78 is 5.51. The second-order valence-electron chi connectivity index (χ2n) is 3.72. The van der Waals surface area contributed by atoms with Crippen molar-refractivity contribution in [2.75, 3.05) is 27.7 Å². The zero-order valence-corrected chi connectivity index (χ0v) is 9.98.